The summed E-state index contributed by atoms with van der Waals surface area (Å²) >= 11 is 5.50. The quantitative estimate of drug-likeness (QED) is 0.463. The normalized spacial score (nSPS) is 27.6. The molecule has 0 bridgehead atoms. The Morgan fingerprint density at radius 3 is 2.60 bits per heavy atom. The zero-order valence-corrected chi connectivity index (χ0v) is 14.4. The van der Waals surface area contributed by atoms with Crippen molar-refractivity contribution in [2.75, 3.05) is 6.61 Å². The molecule has 0 spiro atoms. The van der Waals surface area contributed by atoms with Gasteiger partial charge in [0.25, 0.3) is 0 Å². The third-order valence-electron chi connectivity index (χ3n) is 4.65. The highest BCUT2D eigenvalue weighted by Crippen LogP contribution is 2.35. The van der Waals surface area contributed by atoms with Gasteiger partial charge in [0.15, 0.2) is 0 Å². The standard InChI is InChI=1S/C18H33ClO/c1-15(2)17-11-10-16(3)14-18(17)20-13-9-7-5-4-6-8-12-19/h8,12,15-18H,4-7,9-11,13-14H2,1-3H3/b12-8-/t16-,17+,18-/m1/s1. The van der Waals surface area contributed by atoms with E-state index < -0.39 is 0 Å². The van der Waals surface area contributed by atoms with E-state index >= 15 is 0 Å². The van der Waals surface area contributed by atoms with Gasteiger partial charge < -0.3 is 4.74 Å². The molecule has 0 aromatic rings. The van der Waals surface area contributed by atoms with E-state index in [2.05, 4.69) is 20.8 Å². The second kappa shape index (κ2) is 10.7. The molecule has 1 nitrogen and oxygen atoms in total. The fraction of sp³-hybridized carbons (Fsp3) is 0.889. The summed E-state index contributed by atoms with van der Waals surface area (Å²) in [6.45, 7) is 8.02. The van der Waals surface area contributed by atoms with E-state index in [0.717, 1.165) is 30.8 Å². The summed E-state index contributed by atoms with van der Waals surface area (Å²) in [6, 6.07) is 0. The van der Waals surface area contributed by atoms with Crippen LogP contribution in [0.2, 0.25) is 0 Å². The molecule has 1 aliphatic carbocycles. The Morgan fingerprint density at radius 2 is 1.90 bits per heavy atom. The maximum atomic E-state index is 6.22. The summed E-state index contributed by atoms with van der Waals surface area (Å²) in [5.41, 5.74) is 1.62. The SMILES string of the molecule is CC(C)[C@@H]1CC[C@@H](C)C[C@H]1OCCCCCC/C=C\Cl. The molecule has 0 heterocycles. The van der Waals surface area contributed by atoms with Crippen LogP contribution in [0.15, 0.2) is 11.6 Å². The first kappa shape index (κ1) is 18.0. The van der Waals surface area contributed by atoms with Crippen LogP contribution < -0.4 is 0 Å². The van der Waals surface area contributed by atoms with Crippen LogP contribution in [0, 0.1) is 17.8 Å². The van der Waals surface area contributed by atoms with Gasteiger partial charge in [-0.2, -0.15) is 0 Å². The average molecular weight is 301 g/mol. The van der Waals surface area contributed by atoms with Crippen molar-refractivity contribution in [3.8, 4) is 0 Å². The third kappa shape index (κ3) is 7.13. The molecular formula is C18H33ClO. The van der Waals surface area contributed by atoms with Crippen LogP contribution in [0.25, 0.3) is 0 Å². The van der Waals surface area contributed by atoms with Gasteiger partial charge in [-0.15, -0.1) is 0 Å². The topological polar surface area (TPSA) is 9.23 Å². The van der Waals surface area contributed by atoms with E-state index in [9.17, 15) is 0 Å². The molecule has 20 heavy (non-hydrogen) atoms. The Balaban J connectivity index is 2.12. The second-order valence-electron chi connectivity index (χ2n) is 6.80. The predicted molar refractivity (Wildman–Crippen MR) is 89.2 cm³/mol. The molecule has 118 valence electrons. The molecule has 1 saturated carbocycles. The van der Waals surface area contributed by atoms with E-state index in [-0.39, 0.29) is 0 Å². The summed E-state index contributed by atoms with van der Waals surface area (Å²) in [5.74, 6) is 2.38. The van der Waals surface area contributed by atoms with E-state index in [1.165, 1.54) is 44.9 Å². The lowest BCUT2D eigenvalue weighted by Crippen LogP contribution is -2.34. The van der Waals surface area contributed by atoms with Gasteiger partial charge in [-0.3, -0.25) is 0 Å². The van der Waals surface area contributed by atoms with E-state index in [1.807, 2.05) is 6.08 Å². The van der Waals surface area contributed by atoms with Gasteiger partial charge in [0, 0.05) is 12.1 Å². The summed E-state index contributed by atoms with van der Waals surface area (Å²) in [4.78, 5) is 0. The van der Waals surface area contributed by atoms with Gasteiger partial charge in [0.05, 0.1) is 6.10 Å². The summed E-state index contributed by atoms with van der Waals surface area (Å²) < 4.78 is 6.22. The van der Waals surface area contributed by atoms with Gasteiger partial charge in [-0.05, 0) is 49.9 Å². The monoisotopic (exact) mass is 300 g/mol. The Kier molecular flexibility index (Phi) is 9.63. The molecule has 0 N–H and O–H groups in total. The van der Waals surface area contributed by atoms with Crippen molar-refractivity contribution >= 4 is 11.6 Å². The molecular weight excluding hydrogens is 268 g/mol. The fourth-order valence-corrected chi connectivity index (χ4v) is 3.45. The minimum atomic E-state index is 0.512. The van der Waals surface area contributed by atoms with Crippen LogP contribution in [-0.4, -0.2) is 12.7 Å². The summed E-state index contributed by atoms with van der Waals surface area (Å²) in [5, 5.41) is 0. The first-order chi connectivity index (χ1) is 9.65. The van der Waals surface area contributed by atoms with Gasteiger partial charge in [-0.1, -0.05) is 57.7 Å². The fourth-order valence-electron chi connectivity index (χ4n) is 3.32. The molecule has 3 atom stereocenters. The molecule has 0 aromatic heterocycles. The molecule has 0 saturated heterocycles. The van der Waals surface area contributed by atoms with Crippen molar-refractivity contribution in [2.45, 2.75) is 78.2 Å². The molecule has 0 radical (unpaired) electrons. The van der Waals surface area contributed by atoms with Gasteiger partial charge in [-0.25, -0.2) is 0 Å². The van der Waals surface area contributed by atoms with Gasteiger partial charge in [0.2, 0.25) is 0 Å². The van der Waals surface area contributed by atoms with Crippen LogP contribution in [0.5, 0.6) is 0 Å². The van der Waals surface area contributed by atoms with Crippen LogP contribution in [0.3, 0.4) is 0 Å². The molecule has 2 heteroatoms. The molecule has 0 aliphatic heterocycles. The van der Waals surface area contributed by atoms with Crippen LogP contribution in [-0.2, 0) is 4.74 Å². The zero-order chi connectivity index (χ0) is 14.8. The largest absolute Gasteiger partial charge is 0.378 e. The number of hydrogen-bond donors (Lipinski definition) is 0. The Labute approximate surface area is 131 Å². The van der Waals surface area contributed by atoms with Crippen molar-refractivity contribution in [3.05, 3.63) is 11.6 Å². The molecule has 1 aliphatic rings. The smallest absolute Gasteiger partial charge is 0.0608 e. The van der Waals surface area contributed by atoms with Gasteiger partial charge in [0.1, 0.15) is 0 Å². The lowest BCUT2D eigenvalue weighted by atomic mass is 9.75. The Bertz CT molecular complexity index is 262. The molecule has 0 aromatic carbocycles. The molecule has 1 fully saturated rings. The number of halogens is 1. The summed E-state index contributed by atoms with van der Waals surface area (Å²) in [6.07, 6.45) is 12.7. The van der Waals surface area contributed by atoms with E-state index in [4.69, 9.17) is 16.3 Å². The number of rotatable bonds is 9. The number of allylic oxidation sites excluding steroid dienone is 1. The molecule has 0 unspecified atom stereocenters. The predicted octanol–water partition coefficient (Wildman–Crippen LogP) is 6.17. The maximum absolute atomic E-state index is 6.22. The summed E-state index contributed by atoms with van der Waals surface area (Å²) in [7, 11) is 0. The number of unbranched alkanes of at least 4 members (excludes halogenated alkanes) is 4. The highest BCUT2D eigenvalue weighted by molar-refractivity contribution is 6.25. The highest BCUT2D eigenvalue weighted by Gasteiger charge is 2.31. The first-order valence-corrected chi connectivity index (χ1v) is 8.95. The zero-order valence-electron chi connectivity index (χ0n) is 13.6. The lowest BCUT2D eigenvalue weighted by Gasteiger charge is -2.37. The minimum absolute atomic E-state index is 0.512. The van der Waals surface area contributed by atoms with Crippen molar-refractivity contribution in [3.63, 3.8) is 0 Å². The highest BCUT2D eigenvalue weighted by atomic mass is 35.5. The second-order valence-corrected chi connectivity index (χ2v) is 7.05. The van der Waals surface area contributed by atoms with Crippen LogP contribution >= 0.6 is 11.6 Å². The lowest BCUT2D eigenvalue weighted by molar-refractivity contribution is -0.0394. The number of hydrogen-bond acceptors (Lipinski definition) is 1. The van der Waals surface area contributed by atoms with E-state index in [1.54, 1.807) is 5.54 Å². The Morgan fingerprint density at radius 1 is 1.15 bits per heavy atom. The third-order valence-corrected chi connectivity index (χ3v) is 4.83. The molecule has 1 rings (SSSR count). The van der Waals surface area contributed by atoms with Crippen molar-refractivity contribution in [1.82, 2.24) is 0 Å². The van der Waals surface area contributed by atoms with Crippen molar-refractivity contribution < 1.29 is 4.74 Å². The number of ether oxygens (including phenoxy) is 1. The average Bonchev–Trinajstić information content (AvgIpc) is 2.41. The minimum Gasteiger partial charge on any atom is -0.378 e. The maximum Gasteiger partial charge on any atom is 0.0608 e. The van der Waals surface area contributed by atoms with Crippen LogP contribution in [0.1, 0.15) is 72.1 Å². The van der Waals surface area contributed by atoms with E-state index in [0.29, 0.717) is 6.10 Å². The molecule has 0 amide bonds. The Hall–Kier alpha value is -0.0100. The van der Waals surface area contributed by atoms with Gasteiger partial charge >= 0.3 is 0 Å². The van der Waals surface area contributed by atoms with Crippen LogP contribution in [0.4, 0.5) is 0 Å². The van der Waals surface area contributed by atoms with Crippen molar-refractivity contribution in [2.24, 2.45) is 17.8 Å². The van der Waals surface area contributed by atoms with Crippen molar-refractivity contribution in [1.29, 1.82) is 0 Å². The first-order valence-electron chi connectivity index (χ1n) is 8.52.